The molecule has 100 valence electrons. The van der Waals surface area contributed by atoms with Crippen LogP contribution in [-0.4, -0.2) is 32.3 Å². The van der Waals surface area contributed by atoms with E-state index < -0.39 is 20.3 Å². The van der Waals surface area contributed by atoms with E-state index in [1.165, 1.54) is 16.3 Å². The summed E-state index contributed by atoms with van der Waals surface area (Å²) in [7, 11) is -0.866. The van der Waals surface area contributed by atoms with Crippen molar-refractivity contribution in [1.29, 1.82) is 0 Å². The van der Waals surface area contributed by atoms with E-state index in [-0.39, 0.29) is 6.42 Å². The van der Waals surface area contributed by atoms with Crippen LogP contribution in [0.3, 0.4) is 0 Å². The van der Waals surface area contributed by atoms with Crippen LogP contribution in [0.25, 0.3) is 0 Å². The van der Waals surface area contributed by atoms with E-state index in [0.29, 0.717) is 15.9 Å². The number of rotatable bonds is 4. The Balaban J connectivity index is 2.30. The standard InChI is InChI=1S/C11H15NO4S2/c1-7-9(5-10(13)14)18(6-12-7,11(15)16)17-8-3-2-4-8/h6,8H,2-5H2,1H3,(H,13,14)(H,15,16). The van der Waals surface area contributed by atoms with Crippen LogP contribution in [0.1, 0.15) is 32.6 Å². The maximum Gasteiger partial charge on any atom is 0.365 e. The van der Waals surface area contributed by atoms with Gasteiger partial charge in [0, 0.05) is 15.9 Å². The predicted octanol–water partition coefficient (Wildman–Crippen LogP) is 3.42. The molecule has 1 atom stereocenters. The zero-order valence-electron chi connectivity index (χ0n) is 9.96. The summed E-state index contributed by atoms with van der Waals surface area (Å²) in [4.78, 5) is 27.1. The third kappa shape index (κ3) is 2.29. The van der Waals surface area contributed by atoms with Gasteiger partial charge < -0.3 is 10.2 Å². The fourth-order valence-corrected chi connectivity index (χ4v) is 7.88. The zero-order valence-corrected chi connectivity index (χ0v) is 11.6. The molecule has 0 aromatic heterocycles. The molecule has 2 N–H and O–H groups in total. The van der Waals surface area contributed by atoms with Crippen LogP contribution in [0.5, 0.6) is 0 Å². The van der Waals surface area contributed by atoms with Gasteiger partial charge in [0.2, 0.25) is 0 Å². The Hall–Kier alpha value is -0.950. The van der Waals surface area contributed by atoms with Crippen molar-refractivity contribution in [2.24, 2.45) is 4.99 Å². The van der Waals surface area contributed by atoms with E-state index in [4.69, 9.17) is 5.11 Å². The smallest absolute Gasteiger partial charge is 0.365 e. The Kier molecular flexibility index (Phi) is 3.72. The maximum absolute atomic E-state index is 11.6. The maximum atomic E-state index is 11.6. The predicted molar refractivity (Wildman–Crippen MR) is 74.3 cm³/mol. The number of carboxylic acid groups (broad SMARTS) is 2. The van der Waals surface area contributed by atoms with Crippen LogP contribution < -0.4 is 0 Å². The summed E-state index contributed by atoms with van der Waals surface area (Å²) in [6, 6.07) is 0. The number of allylic oxidation sites excluding steroid dienone is 1. The van der Waals surface area contributed by atoms with Gasteiger partial charge in [-0.1, -0.05) is 17.2 Å². The van der Waals surface area contributed by atoms with Crippen molar-refractivity contribution in [2.75, 3.05) is 0 Å². The first kappa shape index (κ1) is 13.5. The Morgan fingerprint density at radius 3 is 2.61 bits per heavy atom. The second-order valence-electron chi connectivity index (χ2n) is 4.33. The van der Waals surface area contributed by atoms with Crippen molar-refractivity contribution in [1.82, 2.24) is 0 Å². The summed E-state index contributed by atoms with van der Waals surface area (Å²) in [6.07, 6.45) is 2.92. The third-order valence-corrected chi connectivity index (χ3v) is 9.23. The van der Waals surface area contributed by atoms with Crippen LogP contribution in [0.2, 0.25) is 0 Å². The number of hydrogen-bond donors (Lipinski definition) is 2. The largest absolute Gasteiger partial charge is 0.481 e. The number of aliphatic imine (C=N–C) groups is 1. The van der Waals surface area contributed by atoms with Gasteiger partial charge >= 0.3 is 11.3 Å². The van der Waals surface area contributed by atoms with Crippen molar-refractivity contribution >= 4 is 36.7 Å². The van der Waals surface area contributed by atoms with E-state index >= 15 is 0 Å². The normalized spacial score (nSPS) is 30.9. The summed E-state index contributed by atoms with van der Waals surface area (Å²) in [6.45, 7) is 1.69. The highest BCUT2D eigenvalue weighted by Gasteiger charge is 2.44. The Labute approximate surface area is 110 Å². The van der Waals surface area contributed by atoms with E-state index in [1.807, 2.05) is 0 Å². The van der Waals surface area contributed by atoms with Crippen molar-refractivity contribution < 1.29 is 19.8 Å². The molecule has 0 saturated heterocycles. The van der Waals surface area contributed by atoms with Gasteiger partial charge in [0.05, 0.1) is 12.0 Å². The minimum Gasteiger partial charge on any atom is -0.481 e. The third-order valence-electron chi connectivity index (χ3n) is 3.08. The first-order valence-corrected chi connectivity index (χ1v) is 8.75. The zero-order chi connectivity index (χ0) is 13.3. The molecule has 1 aliphatic carbocycles. The molecule has 2 rings (SSSR count). The fraction of sp³-hybridized carbons (Fsp3) is 0.545. The highest BCUT2D eigenvalue weighted by Crippen LogP contribution is 2.71. The molecular formula is C11H15NO4S2. The molecule has 0 spiro atoms. The van der Waals surface area contributed by atoms with E-state index in [2.05, 4.69) is 4.99 Å². The lowest BCUT2D eigenvalue weighted by molar-refractivity contribution is -0.136. The molecule has 7 heteroatoms. The van der Waals surface area contributed by atoms with Crippen molar-refractivity contribution in [3.63, 3.8) is 0 Å². The van der Waals surface area contributed by atoms with Gasteiger partial charge in [0.15, 0.2) is 0 Å². The number of nitrogens with zero attached hydrogens (tertiary/aromatic N) is 1. The minimum atomic E-state index is -2.28. The first-order chi connectivity index (χ1) is 8.45. The molecule has 2 aliphatic rings. The molecule has 1 fully saturated rings. The van der Waals surface area contributed by atoms with E-state index in [1.54, 1.807) is 6.92 Å². The summed E-state index contributed by atoms with van der Waals surface area (Å²) in [5.41, 5.74) is 2.04. The summed E-state index contributed by atoms with van der Waals surface area (Å²) < 4.78 is 0. The molecule has 1 saturated carbocycles. The SMILES string of the molecule is CC1=C(CC(=O)O)S(SC2CCC2)(C(=O)O)C=N1. The Morgan fingerprint density at radius 2 is 2.17 bits per heavy atom. The molecule has 5 nitrogen and oxygen atoms in total. The molecular weight excluding hydrogens is 274 g/mol. The highest BCUT2D eigenvalue weighted by atomic mass is 33.2. The highest BCUT2D eigenvalue weighted by molar-refractivity contribution is 9.06. The molecule has 0 radical (unpaired) electrons. The molecule has 0 aromatic rings. The lowest BCUT2D eigenvalue weighted by Gasteiger charge is -2.36. The topological polar surface area (TPSA) is 87.0 Å². The molecule has 0 aromatic carbocycles. The van der Waals surface area contributed by atoms with Gasteiger partial charge in [0.25, 0.3) is 0 Å². The van der Waals surface area contributed by atoms with Gasteiger partial charge in [0.1, 0.15) is 0 Å². The van der Waals surface area contributed by atoms with Gasteiger partial charge in [-0.2, -0.15) is 0 Å². The second kappa shape index (κ2) is 4.97. The quantitative estimate of drug-likeness (QED) is 0.774. The summed E-state index contributed by atoms with van der Waals surface area (Å²) in [5, 5.41) is 17.9. The van der Waals surface area contributed by atoms with Gasteiger partial charge in [-0.05, 0) is 28.8 Å². The van der Waals surface area contributed by atoms with Crippen molar-refractivity contribution in [2.45, 2.75) is 37.9 Å². The monoisotopic (exact) mass is 289 g/mol. The lowest BCUT2D eigenvalue weighted by atomic mass is 10.0. The number of aliphatic carboxylic acids is 1. The number of carboxylic acids is 1. The molecule has 1 aliphatic heterocycles. The lowest BCUT2D eigenvalue weighted by Crippen LogP contribution is -2.19. The minimum absolute atomic E-state index is 0.229. The Morgan fingerprint density at radius 1 is 1.50 bits per heavy atom. The average Bonchev–Trinajstić information content (AvgIpc) is 2.52. The fourth-order valence-electron chi connectivity index (χ4n) is 1.84. The van der Waals surface area contributed by atoms with Crippen LogP contribution in [0.4, 0.5) is 4.79 Å². The van der Waals surface area contributed by atoms with Crippen LogP contribution >= 0.6 is 19.9 Å². The molecule has 18 heavy (non-hydrogen) atoms. The van der Waals surface area contributed by atoms with Gasteiger partial charge in [-0.3, -0.25) is 9.79 Å². The average molecular weight is 289 g/mol. The number of carbonyl (C=O) groups is 2. The van der Waals surface area contributed by atoms with E-state index in [9.17, 15) is 14.7 Å². The van der Waals surface area contributed by atoms with E-state index in [0.717, 1.165) is 19.3 Å². The van der Waals surface area contributed by atoms with Crippen LogP contribution in [0, 0.1) is 0 Å². The van der Waals surface area contributed by atoms with Crippen molar-refractivity contribution in [3.05, 3.63) is 10.6 Å². The molecule has 0 amide bonds. The molecule has 0 bridgehead atoms. The van der Waals surface area contributed by atoms with Gasteiger partial charge in [-0.15, -0.1) is 0 Å². The first-order valence-electron chi connectivity index (χ1n) is 5.66. The number of hydrogen-bond acceptors (Lipinski definition) is 4. The molecule has 1 unspecified atom stereocenters. The van der Waals surface area contributed by atoms with Crippen LogP contribution in [-0.2, 0) is 4.79 Å². The second-order valence-corrected chi connectivity index (χ2v) is 9.60. The van der Waals surface area contributed by atoms with Gasteiger partial charge in [-0.25, -0.2) is 4.79 Å². The Bertz CT molecular complexity index is 456. The summed E-state index contributed by atoms with van der Waals surface area (Å²) in [5.74, 6) is -0.998. The molecule has 1 heterocycles. The summed E-state index contributed by atoms with van der Waals surface area (Å²) >= 11 is 0. The van der Waals surface area contributed by atoms with Crippen molar-refractivity contribution in [3.8, 4) is 0 Å². The van der Waals surface area contributed by atoms with Crippen LogP contribution in [0.15, 0.2) is 15.6 Å².